The van der Waals surface area contributed by atoms with E-state index < -0.39 is 12.1 Å². The number of nitrogens with one attached hydrogen (secondary N) is 1. The van der Waals surface area contributed by atoms with Crippen LogP contribution in [0.5, 0.6) is 0 Å². The fourth-order valence-corrected chi connectivity index (χ4v) is 8.73. The zero-order valence-corrected chi connectivity index (χ0v) is 43.5. The molecule has 0 aromatic carbocycles. The number of rotatable bonds is 53. The standard InChI is InChI=1S/C59H111NO5/c1-3-5-7-9-11-13-15-17-18-19-20-21-22-24-28-31-35-39-43-47-51-57(62)56(55-61)60-58(63)52-48-44-40-36-32-29-25-23-26-30-34-38-42-46-50-54-65-59(64)53-49-45-41-37-33-27-16-14-12-10-8-6-4-2/h8,10,14,16,47,51,56-57,61-62H,3-7,9,11-13,15,17-46,48-50,52-55H2,1-2H3,(H,60,63)/b10-8-,16-14-,51-47+. The summed E-state index contributed by atoms with van der Waals surface area (Å²) in [5.74, 6) is -0.0911. The Kier molecular flexibility index (Phi) is 53.1. The first-order valence-corrected chi connectivity index (χ1v) is 28.8. The van der Waals surface area contributed by atoms with Gasteiger partial charge in [0.2, 0.25) is 5.91 Å². The molecular formula is C59H111NO5. The molecule has 0 bridgehead atoms. The van der Waals surface area contributed by atoms with Crippen molar-refractivity contribution in [1.82, 2.24) is 5.32 Å². The van der Waals surface area contributed by atoms with Gasteiger partial charge < -0.3 is 20.3 Å². The summed E-state index contributed by atoms with van der Waals surface area (Å²) in [4.78, 5) is 24.5. The summed E-state index contributed by atoms with van der Waals surface area (Å²) < 4.78 is 5.46. The van der Waals surface area contributed by atoms with Gasteiger partial charge in [-0.3, -0.25) is 9.59 Å². The van der Waals surface area contributed by atoms with Crippen LogP contribution < -0.4 is 5.32 Å². The first-order valence-electron chi connectivity index (χ1n) is 28.8. The zero-order valence-electron chi connectivity index (χ0n) is 43.5. The number of amides is 1. The Morgan fingerprint density at radius 3 is 1.23 bits per heavy atom. The largest absolute Gasteiger partial charge is 0.466 e. The van der Waals surface area contributed by atoms with E-state index >= 15 is 0 Å². The molecule has 0 aliphatic heterocycles. The van der Waals surface area contributed by atoms with Crippen molar-refractivity contribution >= 4 is 11.9 Å². The molecule has 6 heteroatoms. The lowest BCUT2D eigenvalue weighted by Gasteiger charge is -2.20. The minimum atomic E-state index is -0.852. The first kappa shape index (κ1) is 63.1. The maximum atomic E-state index is 12.5. The smallest absolute Gasteiger partial charge is 0.305 e. The van der Waals surface area contributed by atoms with Crippen LogP contribution in [0.15, 0.2) is 36.5 Å². The average molecular weight is 915 g/mol. The lowest BCUT2D eigenvalue weighted by molar-refractivity contribution is -0.143. The Balaban J connectivity index is 3.48. The van der Waals surface area contributed by atoms with Crippen LogP contribution in [0.4, 0.5) is 0 Å². The van der Waals surface area contributed by atoms with Crippen LogP contribution in [0, 0.1) is 0 Å². The Morgan fingerprint density at radius 2 is 0.800 bits per heavy atom. The maximum absolute atomic E-state index is 12.5. The van der Waals surface area contributed by atoms with Crippen molar-refractivity contribution in [2.45, 2.75) is 315 Å². The molecule has 3 N–H and O–H groups in total. The maximum Gasteiger partial charge on any atom is 0.305 e. The van der Waals surface area contributed by atoms with E-state index in [2.05, 4.69) is 43.5 Å². The summed E-state index contributed by atoms with van der Waals surface area (Å²) in [6.45, 7) is 4.83. The third kappa shape index (κ3) is 51.3. The van der Waals surface area contributed by atoms with Crippen molar-refractivity contribution < 1.29 is 24.5 Å². The number of allylic oxidation sites excluding steroid dienone is 5. The second-order valence-corrected chi connectivity index (χ2v) is 19.6. The second-order valence-electron chi connectivity index (χ2n) is 19.6. The summed E-state index contributed by atoms with van der Waals surface area (Å²) in [6.07, 6.45) is 67.3. The molecule has 65 heavy (non-hydrogen) atoms. The highest BCUT2D eigenvalue weighted by Crippen LogP contribution is 2.17. The topological polar surface area (TPSA) is 95.9 Å². The van der Waals surface area contributed by atoms with Crippen LogP contribution >= 0.6 is 0 Å². The van der Waals surface area contributed by atoms with Gasteiger partial charge in [-0.1, -0.05) is 269 Å². The molecule has 2 atom stereocenters. The number of carbonyl (C=O) groups is 2. The molecule has 0 aromatic rings. The van der Waals surface area contributed by atoms with Crippen molar-refractivity contribution in [2.75, 3.05) is 13.2 Å². The summed E-state index contributed by atoms with van der Waals surface area (Å²) >= 11 is 0. The second kappa shape index (κ2) is 54.7. The molecule has 0 spiro atoms. The van der Waals surface area contributed by atoms with Crippen molar-refractivity contribution in [3.63, 3.8) is 0 Å². The molecule has 0 saturated carbocycles. The summed E-state index contributed by atoms with van der Waals surface area (Å²) in [7, 11) is 0. The van der Waals surface area contributed by atoms with E-state index in [4.69, 9.17) is 4.74 Å². The van der Waals surface area contributed by atoms with E-state index in [9.17, 15) is 19.8 Å². The highest BCUT2D eigenvalue weighted by atomic mass is 16.5. The van der Waals surface area contributed by atoms with Gasteiger partial charge in [0.1, 0.15) is 0 Å². The number of unbranched alkanes of at least 4 members (excludes halogenated alkanes) is 38. The Labute approximate surface area is 404 Å². The molecule has 0 heterocycles. The fourth-order valence-electron chi connectivity index (χ4n) is 8.73. The molecule has 0 fully saturated rings. The van der Waals surface area contributed by atoms with Crippen LogP contribution in [-0.4, -0.2) is 47.4 Å². The quantitative estimate of drug-likeness (QED) is 0.0321. The predicted molar refractivity (Wildman–Crippen MR) is 283 cm³/mol. The van der Waals surface area contributed by atoms with Gasteiger partial charge in [-0.2, -0.15) is 0 Å². The van der Waals surface area contributed by atoms with Crippen LogP contribution in [0.3, 0.4) is 0 Å². The number of esters is 1. The third-order valence-corrected chi connectivity index (χ3v) is 13.1. The van der Waals surface area contributed by atoms with Gasteiger partial charge in [0, 0.05) is 12.8 Å². The van der Waals surface area contributed by atoms with E-state index in [1.165, 1.54) is 212 Å². The van der Waals surface area contributed by atoms with Gasteiger partial charge in [0.25, 0.3) is 0 Å². The van der Waals surface area contributed by atoms with E-state index in [0.29, 0.717) is 19.4 Å². The minimum Gasteiger partial charge on any atom is -0.466 e. The van der Waals surface area contributed by atoms with Crippen molar-refractivity contribution in [2.24, 2.45) is 0 Å². The summed E-state index contributed by atoms with van der Waals surface area (Å²) in [6, 6.07) is -0.636. The minimum absolute atomic E-state index is 0.0158. The Bertz CT molecular complexity index is 1060. The normalized spacial score (nSPS) is 12.9. The number of carbonyl (C=O) groups excluding carboxylic acids is 2. The average Bonchev–Trinajstić information content (AvgIpc) is 3.31. The number of hydrogen-bond acceptors (Lipinski definition) is 5. The van der Waals surface area contributed by atoms with Gasteiger partial charge in [-0.25, -0.2) is 0 Å². The van der Waals surface area contributed by atoms with E-state index in [0.717, 1.165) is 64.2 Å². The lowest BCUT2D eigenvalue weighted by Crippen LogP contribution is -2.45. The number of ether oxygens (including phenoxy) is 1. The van der Waals surface area contributed by atoms with Crippen molar-refractivity contribution in [3.8, 4) is 0 Å². The van der Waals surface area contributed by atoms with E-state index in [1.54, 1.807) is 6.08 Å². The zero-order chi connectivity index (χ0) is 47.2. The van der Waals surface area contributed by atoms with E-state index in [-0.39, 0.29) is 18.5 Å². The third-order valence-electron chi connectivity index (χ3n) is 13.1. The Hall–Kier alpha value is -1.92. The van der Waals surface area contributed by atoms with Gasteiger partial charge in [0.05, 0.1) is 25.4 Å². The molecule has 6 nitrogen and oxygen atoms in total. The molecular weight excluding hydrogens is 803 g/mol. The highest BCUT2D eigenvalue weighted by Gasteiger charge is 2.18. The van der Waals surface area contributed by atoms with Crippen molar-refractivity contribution in [1.29, 1.82) is 0 Å². The molecule has 0 aliphatic rings. The number of aliphatic hydroxyl groups excluding tert-OH is 2. The van der Waals surface area contributed by atoms with Crippen molar-refractivity contribution in [3.05, 3.63) is 36.5 Å². The van der Waals surface area contributed by atoms with E-state index in [1.807, 2.05) is 6.08 Å². The summed E-state index contributed by atoms with van der Waals surface area (Å²) in [5, 5.41) is 23.2. The van der Waals surface area contributed by atoms with Gasteiger partial charge in [0.15, 0.2) is 0 Å². The first-order chi connectivity index (χ1) is 32.0. The fraction of sp³-hybridized carbons (Fsp3) is 0.864. The van der Waals surface area contributed by atoms with Crippen LogP contribution in [0.2, 0.25) is 0 Å². The molecule has 0 aromatic heterocycles. The summed E-state index contributed by atoms with van der Waals surface area (Å²) in [5.41, 5.74) is 0. The van der Waals surface area contributed by atoms with Crippen LogP contribution in [-0.2, 0) is 14.3 Å². The number of aliphatic hydroxyl groups is 2. The van der Waals surface area contributed by atoms with Crippen LogP contribution in [0.1, 0.15) is 303 Å². The van der Waals surface area contributed by atoms with Gasteiger partial charge in [-0.15, -0.1) is 0 Å². The molecule has 382 valence electrons. The molecule has 0 aliphatic carbocycles. The monoisotopic (exact) mass is 914 g/mol. The SMILES string of the molecule is CCC/C=C\C/C=C\CCCCCCCC(=O)OCCCCCCCCCCCCCCCCCC(=O)NC(CO)C(O)/C=C/CCCCCCCCCCCCCCCCCCCC. The highest BCUT2D eigenvalue weighted by molar-refractivity contribution is 5.76. The predicted octanol–water partition coefficient (Wildman–Crippen LogP) is 17.6. The molecule has 0 radical (unpaired) electrons. The lowest BCUT2D eigenvalue weighted by atomic mass is 10.0. The Morgan fingerprint density at radius 1 is 0.431 bits per heavy atom. The number of hydrogen-bond donors (Lipinski definition) is 3. The van der Waals surface area contributed by atoms with Crippen LogP contribution in [0.25, 0.3) is 0 Å². The van der Waals surface area contributed by atoms with Gasteiger partial charge in [-0.05, 0) is 57.8 Å². The molecule has 1 amide bonds. The molecule has 0 saturated heterocycles. The van der Waals surface area contributed by atoms with Gasteiger partial charge >= 0.3 is 5.97 Å². The molecule has 2 unspecified atom stereocenters. The molecule has 0 rings (SSSR count).